The van der Waals surface area contributed by atoms with Gasteiger partial charge in [-0.3, -0.25) is 0 Å². The largest absolute Gasteiger partial charge is 0.334 e. The van der Waals surface area contributed by atoms with Gasteiger partial charge in [0.2, 0.25) is 0 Å². The molecule has 2 heterocycles. The van der Waals surface area contributed by atoms with Crippen molar-refractivity contribution < 1.29 is 4.52 Å². The zero-order chi connectivity index (χ0) is 18.4. The van der Waals surface area contributed by atoms with Crippen LogP contribution in [0.25, 0.3) is 17.1 Å². The zero-order valence-electron chi connectivity index (χ0n) is 16.0. The summed E-state index contributed by atoms with van der Waals surface area (Å²) >= 11 is 0. The molecule has 6 nitrogen and oxygen atoms in total. The van der Waals surface area contributed by atoms with Crippen LogP contribution in [0.15, 0.2) is 41.1 Å². The van der Waals surface area contributed by atoms with E-state index in [4.69, 9.17) is 15.4 Å². The molecule has 2 N–H and O–H groups in total. The molecule has 1 aromatic carbocycles. The highest BCUT2D eigenvalue weighted by molar-refractivity contribution is 5.85. The molecule has 0 aliphatic heterocycles. The highest BCUT2D eigenvalue weighted by Gasteiger charge is 2.37. The molecule has 0 radical (unpaired) electrons. The van der Waals surface area contributed by atoms with Gasteiger partial charge in [-0.05, 0) is 25.0 Å². The van der Waals surface area contributed by atoms with Gasteiger partial charge in [-0.1, -0.05) is 57.0 Å². The van der Waals surface area contributed by atoms with Crippen LogP contribution in [0, 0.1) is 0 Å². The van der Waals surface area contributed by atoms with Gasteiger partial charge in [-0.15, -0.1) is 12.4 Å². The van der Waals surface area contributed by atoms with E-state index in [0.717, 1.165) is 42.6 Å². The van der Waals surface area contributed by atoms with E-state index < -0.39 is 5.54 Å². The lowest BCUT2D eigenvalue weighted by atomic mass is 9.89. The Morgan fingerprint density at radius 3 is 2.41 bits per heavy atom. The highest BCUT2D eigenvalue weighted by atomic mass is 35.5. The lowest BCUT2D eigenvalue weighted by molar-refractivity contribution is 0.372. The first-order chi connectivity index (χ1) is 12.4. The third-order valence-corrected chi connectivity index (χ3v) is 5.04. The van der Waals surface area contributed by atoms with E-state index in [9.17, 15) is 0 Å². The Bertz CT molecular complexity index is 904. The minimum absolute atomic E-state index is 0. The molecular weight excluding hydrogens is 362 g/mol. The van der Waals surface area contributed by atoms with Crippen LogP contribution < -0.4 is 5.73 Å². The van der Waals surface area contributed by atoms with Crippen LogP contribution in [0.2, 0.25) is 0 Å². The van der Waals surface area contributed by atoms with Crippen LogP contribution in [-0.2, 0) is 11.0 Å². The van der Waals surface area contributed by atoms with Crippen molar-refractivity contribution in [3.8, 4) is 17.1 Å². The number of hydrogen-bond acceptors (Lipinski definition) is 5. The van der Waals surface area contributed by atoms with Crippen molar-refractivity contribution in [1.82, 2.24) is 19.9 Å². The maximum Gasteiger partial charge on any atom is 0.261 e. The minimum atomic E-state index is -0.459. The van der Waals surface area contributed by atoms with E-state index >= 15 is 0 Å². The third-order valence-electron chi connectivity index (χ3n) is 5.04. The van der Waals surface area contributed by atoms with Crippen molar-refractivity contribution in [2.24, 2.45) is 5.73 Å². The van der Waals surface area contributed by atoms with E-state index in [1.165, 1.54) is 0 Å². The summed E-state index contributed by atoms with van der Waals surface area (Å²) < 4.78 is 7.49. The van der Waals surface area contributed by atoms with Crippen LogP contribution in [0.1, 0.15) is 58.0 Å². The zero-order valence-corrected chi connectivity index (χ0v) is 16.8. The molecule has 0 amide bonds. The van der Waals surface area contributed by atoms with Gasteiger partial charge in [0.25, 0.3) is 5.89 Å². The SMILES string of the molecule is CC(C)(C)c1nn(-c2ccccc2)cc1-c1nc(C2(N)CCCC2)no1.Cl. The fourth-order valence-corrected chi connectivity index (χ4v) is 3.56. The molecule has 7 heteroatoms. The summed E-state index contributed by atoms with van der Waals surface area (Å²) in [7, 11) is 0. The predicted molar refractivity (Wildman–Crippen MR) is 107 cm³/mol. The second-order valence-corrected chi connectivity index (χ2v) is 8.21. The Hall–Kier alpha value is -2.18. The number of hydrogen-bond donors (Lipinski definition) is 1. The number of para-hydroxylation sites is 1. The predicted octanol–water partition coefficient (Wildman–Crippen LogP) is 4.37. The first-order valence-corrected chi connectivity index (χ1v) is 9.16. The van der Waals surface area contributed by atoms with Crippen LogP contribution >= 0.6 is 12.4 Å². The molecule has 0 atom stereocenters. The van der Waals surface area contributed by atoms with Crippen molar-refractivity contribution in [3.05, 3.63) is 48.0 Å². The monoisotopic (exact) mass is 387 g/mol. The van der Waals surface area contributed by atoms with Crippen LogP contribution in [0.4, 0.5) is 0 Å². The first kappa shape index (κ1) is 19.6. The Labute approximate surface area is 165 Å². The van der Waals surface area contributed by atoms with Gasteiger partial charge in [-0.2, -0.15) is 10.1 Å². The standard InChI is InChI=1S/C20H25N5O.ClH/c1-19(2,3)16-15(13-25(23-16)14-9-5-4-6-10-14)17-22-18(24-26-17)20(21)11-7-8-12-20;/h4-6,9-10,13H,7-8,11-12,21H2,1-3H3;1H. The smallest absolute Gasteiger partial charge is 0.261 e. The van der Waals surface area contributed by atoms with E-state index in [0.29, 0.717) is 11.7 Å². The Balaban J connectivity index is 0.00000210. The molecule has 3 aromatic rings. The molecule has 0 saturated heterocycles. The van der Waals surface area contributed by atoms with E-state index in [-0.39, 0.29) is 17.8 Å². The molecule has 27 heavy (non-hydrogen) atoms. The third kappa shape index (κ3) is 3.64. The molecule has 1 fully saturated rings. The first-order valence-electron chi connectivity index (χ1n) is 9.16. The van der Waals surface area contributed by atoms with Crippen LogP contribution in [0.3, 0.4) is 0 Å². The molecule has 0 unspecified atom stereocenters. The Morgan fingerprint density at radius 1 is 1.11 bits per heavy atom. The molecular formula is C20H26ClN5O. The summed E-state index contributed by atoms with van der Waals surface area (Å²) in [6.45, 7) is 6.40. The second kappa shape index (κ2) is 7.09. The Morgan fingerprint density at radius 2 is 1.78 bits per heavy atom. The topological polar surface area (TPSA) is 82.8 Å². The van der Waals surface area contributed by atoms with Gasteiger partial charge in [-0.25, -0.2) is 4.68 Å². The average molecular weight is 388 g/mol. The lowest BCUT2D eigenvalue weighted by Gasteiger charge is -2.18. The fraction of sp³-hybridized carbons (Fsp3) is 0.450. The summed E-state index contributed by atoms with van der Waals surface area (Å²) in [5.41, 5.74) is 8.65. The number of nitrogens with two attached hydrogens (primary N) is 1. The van der Waals surface area contributed by atoms with E-state index in [1.54, 1.807) is 0 Å². The summed E-state index contributed by atoms with van der Waals surface area (Å²) in [6, 6.07) is 10.0. The summed E-state index contributed by atoms with van der Waals surface area (Å²) in [5.74, 6) is 1.10. The normalized spacial score (nSPS) is 16.3. The number of aromatic nitrogens is 4. The van der Waals surface area contributed by atoms with Crippen LogP contribution in [-0.4, -0.2) is 19.9 Å². The number of halogens is 1. The quantitative estimate of drug-likeness (QED) is 0.721. The van der Waals surface area contributed by atoms with Gasteiger partial charge in [0.05, 0.1) is 22.5 Å². The molecule has 1 aliphatic rings. The highest BCUT2D eigenvalue weighted by Crippen LogP contribution is 2.37. The summed E-state index contributed by atoms with van der Waals surface area (Å²) in [4.78, 5) is 4.66. The molecule has 2 aromatic heterocycles. The van der Waals surface area contributed by atoms with E-state index in [1.807, 2.05) is 41.2 Å². The summed E-state index contributed by atoms with van der Waals surface area (Å²) in [6.07, 6.45) is 5.99. The van der Waals surface area contributed by atoms with Crippen molar-refractivity contribution >= 4 is 12.4 Å². The second-order valence-electron chi connectivity index (χ2n) is 8.21. The fourth-order valence-electron chi connectivity index (χ4n) is 3.56. The van der Waals surface area contributed by atoms with Gasteiger partial charge in [0.1, 0.15) is 0 Å². The average Bonchev–Trinajstić information content (AvgIpc) is 3.34. The van der Waals surface area contributed by atoms with Crippen molar-refractivity contribution in [3.63, 3.8) is 0 Å². The van der Waals surface area contributed by atoms with Gasteiger partial charge in [0, 0.05) is 11.6 Å². The maximum atomic E-state index is 6.49. The molecule has 0 spiro atoms. The van der Waals surface area contributed by atoms with Crippen molar-refractivity contribution in [2.75, 3.05) is 0 Å². The number of nitrogens with zero attached hydrogens (tertiary/aromatic N) is 4. The van der Waals surface area contributed by atoms with Crippen molar-refractivity contribution in [1.29, 1.82) is 0 Å². The lowest BCUT2D eigenvalue weighted by Crippen LogP contribution is -2.34. The van der Waals surface area contributed by atoms with Crippen LogP contribution in [0.5, 0.6) is 0 Å². The number of rotatable bonds is 3. The Kier molecular flexibility index (Phi) is 5.14. The van der Waals surface area contributed by atoms with Crippen molar-refractivity contribution in [2.45, 2.75) is 57.4 Å². The van der Waals surface area contributed by atoms with Gasteiger partial charge < -0.3 is 10.3 Å². The molecule has 0 bridgehead atoms. The minimum Gasteiger partial charge on any atom is -0.334 e. The molecule has 4 rings (SSSR count). The number of benzene rings is 1. The van der Waals surface area contributed by atoms with E-state index in [2.05, 4.69) is 30.9 Å². The van der Waals surface area contributed by atoms with Gasteiger partial charge in [0.15, 0.2) is 5.82 Å². The summed E-state index contributed by atoms with van der Waals surface area (Å²) in [5, 5.41) is 9.01. The van der Waals surface area contributed by atoms with Gasteiger partial charge >= 0.3 is 0 Å². The maximum absolute atomic E-state index is 6.49. The molecule has 1 saturated carbocycles. The molecule has 144 valence electrons. The molecule has 1 aliphatic carbocycles.